The van der Waals surface area contributed by atoms with Gasteiger partial charge in [0.2, 0.25) is 15.9 Å². The molecule has 0 aliphatic carbocycles. The molecule has 0 atom stereocenters. The maximum atomic E-state index is 11.2. The van der Waals surface area contributed by atoms with E-state index in [2.05, 4.69) is 15.0 Å². The minimum absolute atomic E-state index is 0.0271. The van der Waals surface area contributed by atoms with Crippen molar-refractivity contribution in [2.75, 3.05) is 37.0 Å². The number of sulfonamides is 1. The van der Waals surface area contributed by atoms with Gasteiger partial charge in [-0.2, -0.15) is 4.98 Å². The Morgan fingerprint density at radius 3 is 2.79 bits per heavy atom. The van der Waals surface area contributed by atoms with Crippen LogP contribution in [-0.4, -0.2) is 39.4 Å². The van der Waals surface area contributed by atoms with Crippen LogP contribution < -0.4 is 20.5 Å². The molecule has 1 heterocycles. The lowest BCUT2D eigenvalue weighted by Gasteiger charge is -2.10. The van der Waals surface area contributed by atoms with Crippen LogP contribution in [-0.2, 0) is 10.0 Å². The fourth-order valence-electron chi connectivity index (χ4n) is 1.28. The number of nitrogen functional groups attached to an aromatic ring is 1. The van der Waals surface area contributed by atoms with Gasteiger partial charge in [-0.3, -0.25) is 0 Å². The second kappa shape index (κ2) is 7.15. The summed E-state index contributed by atoms with van der Waals surface area (Å²) in [5, 5.41) is 2.91. The van der Waals surface area contributed by atoms with Gasteiger partial charge >= 0.3 is 0 Å². The summed E-state index contributed by atoms with van der Waals surface area (Å²) in [4.78, 5) is 4.18. The highest BCUT2D eigenvalue weighted by molar-refractivity contribution is 7.89. The molecule has 0 saturated carbocycles. The van der Waals surface area contributed by atoms with Crippen molar-refractivity contribution in [3.63, 3.8) is 0 Å². The molecule has 1 aromatic rings. The first-order chi connectivity index (χ1) is 8.98. The minimum Gasteiger partial charge on any atom is -0.476 e. The highest BCUT2D eigenvalue weighted by atomic mass is 32.2. The van der Waals surface area contributed by atoms with Crippen molar-refractivity contribution in [1.29, 1.82) is 0 Å². The van der Waals surface area contributed by atoms with Crippen molar-refractivity contribution in [3.8, 4) is 5.88 Å². The Balaban J connectivity index is 2.59. The standard InChI is InChI=1S/C11H20N4O3S/c1-3-7-18-11-9(12)4-5-10(15-11)14-6-8-19(16,17)13-2/h4-5,13H,3,6-8,12H2,1-2H3,(H,14,15). The molecule has 0 radical (unpaired) electrons. The summed E-state index contributed by atoms with van der Waals surface area (Å²) in [5.41, 5.74) is 6.19. The van der Waals surface area contributed by atoms with E-state index in [4.69, 9.17) is 10.5 Å². The summed E-state index contributed by atoms with van der Waals surface area (Å²) >= 11 is 0. The second-order valence-corrected chi connectivity index (χ2v) is 5.94. The van der Waals surface area contributed by atoms with Crippen LogP contribution in [0.2, 0.25) is 0 Å². The average Bonchev–Trinajstić information content (AvgIpc) is 2.39. The van der Waals surface area contributed by atoms with Gasteiger partial charge in [0.05, 0.1) is 18.0 Å². The Morgan fingerprint density at radius 2 is 2.16 bits per heavy atom. The van der Waals surface area contributed by atoms with Crippen LogP contribution in [0.3, 0.4) is 0 Å². The maximum Gasteiger partial charge on any atom is 0.239 e. The zero-order chi connectivity index (χ0) is 14.3. The SMILES string of the molecule is CCCOc1nc(NCCS(=O)(=O)NC)ccc1N. The van der Waals surface area contributed by atoms with Crippen molar-refractivity contribution in [2.24, 2.45) is 0 Å². The lowest BCUT2D eigenvalue weighted by atomic mass is 10.4. The molecule has 0 unspecified atom stereocenters. The van der Waals surface area contributed by atoms with E-state index in [1.54, 1.807) is 12.1 Å². The molecular weight excluding hydrogens is 268 g/mol. The lowest BCUT2D eigenvalue weighted by molar-refractivity contribution is 0.307. The normalized spacial score (nSPS) is 11.3. The number of hydrogen-bond donors (Lipinski definition) is 3. The van der Waals surface area contributed by atoms with Crippen LogP contribution in [0.15, 0.2) is 12.1 Å². The number of hydrogen-bond acceptors (Lipinski definition) is 6. The summed E-state index contributed by atoms with van der Waals surface area (Å²) in [6, 6.07) is 3.35. The fourth-order valence-corrected chi connectivity index (χ4v) is 1.85. The number of aromatic nitrogens is 1. The van der Waals surface area contributed by atoms with E-state index in [-0.39, 0.29) is 12.3 Å². The van der Waals surface area contributed by atoms with Crippen molar-refractivity contribution >= 4 is 21.5 Å². The molecule has 0 spiro atoms. The Hall–Kier alpha value is -1.54. The van der Waals surface area contributed by atoms with Crippen LogP contribution in [0.1, 0.15) is 13.3 Å². The number of ether oxygens (including phenoxy) is 1. The molecule has 0 aliphatic rings. The van der Waals surface area contributed by atoms with E-state index < -0.39 is 10.0 Å². The Bertz CT molecular complexity index is 505. The second-order valence-electron chi connectivity index (χ2n) is 3.89. The molecule has 19 heavy (non-hydrogen) atoms. The molecule has 0 aliphatic heterocycles. The van der Waals surface area contributed by atoms with Crippen LogP contribution in [0.25, 0.3) is 0 Å². The zero-order valence-corrected chi connectivity index (χ0v) is 12.0. The molecule has 0 bridgehead atoms. The van der Waals surface area contributed by atoms with Gasteiger partial charge in [-0.25, -0.2) is 13.1 Å². The summed E-state index contributed by atoms with van der Waals surface area (Å²) < 4.78 is 30.1. The van der Waals surface area contributed by atoms with E-state index in [9.17, 15) is 8.42 Å². The molecule has 0 fully saturated rings. The highest BCUT2D eigenvalue weighted by Gasteiger charge is 2.07. The lowest BCUT2D eigenvalue weighted by Crippen LogP contribution is -2.26. The predicted molar refractivity (Wildman–Crippen MR) is 75.8 cm³/mol. The molecule has 0 amide bonds. The van der Waals surface area contributed by atoms with E-state index in [1.807, 2.05) is 6.92 Å². The molecular formula is C11H20N4O3S. The molecule has 4 N–H and O–H groups in total. The first kappa shape index (κ1) is 15.5. The predicted octanol–water partition coefficient (Wildman–Crippen LogP) is 0.414. The largest absolute Gasteiger partial charge is 0.476 e. The summed E-state index contributed by atoms with van der Waals surface area (Å²) in [7, 11) is -1.84. The topological polar surface area (TPSA) is 106 Å². The van der Waals surface area contributed by atoms with Gasteiger partial charge in [0.15, 0.2) is 0 Å². The summed E-state index contributed by atoms with van der Waals surface area (Å²) in [5.74, 6) is 0.871. The number of rotatable bonds is 8. The molecule has 1 rings (SSSR count). The van der Waals surface area contributed by atoms with Crippen molar-refractivity contribution in [2.45, 2.75) is 13.3 Å². The maximum absolute atomic E-state index is 11.2. The number of nitrogens with zero attached hydrogens (tertiary/aromatic N) is 1. The van der Waals surface area contributed by atoms with Gasteiger partial charge in [-0.15, -0.1) is 0 Å². The third-order valence-corrected chi connectivity index (χ3v) is 3.68. The minimum atomic E-state index is -3.22. The monoisotopic (exact) mass is 288 g/mol. The van der Waals surface area contributed by atoms with E-state index >= 15 is 0 Å². The Morgan fingerprint density at radius 1 is 1.42 bits per heavy atom. The van der Waals surface area contributed by atoms with Crippen LogP contribution >= 0.6 is 0 Å². The molecule has 108 valence electrons. The Labute approximate surface area is 113 Å². The van der Waals surface area contributed by atoms with Crippen LogP contribution in [0, 0.1) is 0 Å². The van der Waals surface area contributed by atoms with Gasteiger partial charge in [0.25, 0.3) is 0 Å². The number of nitrogens with one attached hydrogen (secondary N) is 2. The zero-order valence-electron chi connectivity index (χ0n) is 11.1. The average molecular weight is 288 g/mol. The number of anilines is 2. The summed E-state index contributed by atoms with van der Waals surface area (Å²) in [6.45, 7) is 2.78. The third-order valence-electron chi connectivity index (χ3n) is 2.32. The van der Waals surface area contributed by atoms with Crippen LogP contribution in [0.4, 0.5) is 11.5 Å². The number of pyridine rings is 1. The molecule has 1 aromatic heterocycles. The molecule has 0 aromatic carbocycles. The molecule has 7 nitrogen and oxygen atoms in total. The highest BCUT2D eigenvalue weighted by Crippen LogP contribution is 2.20. The van der Waals surface area contributed by atoms with Crippen molar-refractivity contribution < 1.29 is 13.2 Å². The van der Waals surface area contributed by atoms with Crippen LogP contribution in [0.5, 0.6) is 5.88 Å². The van der Waals surface area contributed by atoms with E-state index in [0.717, 1.165) is 6.42 Å². The third kappa shape index (κ3) is 5.31. The molecule has 8 heteroatoms. The van der Waals surface area contributed by atoms with Crippen molar-refractivity contribution in [1.82, 2.24) is 9.71 Å². The molecule has 0 saturated heterocycles. The fraction of sp³-hybridized carbons (Fsp3) is 0.545. The van der Waals surface area contributed by atoms with E-state index in [1.165, 1.54) is 7.05 Å². The van der Waals surface area contributed by atoms with Gasteiger partial charge in [0, 0.05) is 6.54 Å². The quantitative estimate of drug-likeness (QED) is 0.640. The first-order valence-corrected chi connectivity index (χ1v) is 7.68. The first-order valence-electron chi connectivity index (χ1n) is 6.03. The van der Waals surface area contributed by atoms with Gasteiger partial charge in [0.1, 0.15) is 5.82 Å². The summed E-state index contributed by atoms with van der Waals surface area (Å²) in [6.07, 6.45) is 0.860. The van der Waals surface area contributed by atoms with Crippen molar-refractivity contribution in [3.05, 3.63) is 12.1 Å². The Kier molecular flexibility index (Phi) is 5.84. The van der Waals surface area contributed by atoms with E-state index in [0.29, 0.717) is 24.0 Å². The van der Waals surface area contributed by atoms with Gasteiger partial charge < -0.3 is 15.8 Å². The van der Waals surface area contributed by atoms with Gasteiger partial charge in [-0.05, 0) is 25.6 Å². The number of nitrogens with two attached hydrogens (primary N) is 1. The smallest absolute Gasteiger partial charge is 0.239 e. The van der Waals surface area contributed by atoms with Gasteiger partial charge in [-0.1, -0.05) is 6.92 Å².